The maximum Gasteiger partial charge on any atom is 0.181 e. The number of likely N-dealkylation sites (tertiary alicyclic amines) is 1. The van der Waals surface area contributed by atoms with Gasteiger partial charge in [-0.15, -0.1) is 0 Å². The third-order valence-electron chi connectivity index (χ3n) is 8.45. The number of fused-ring (bicyclic) bond motifs is 1. The van der Waals surface area contributed by atoms with Crippen molar-refractivity contribution in [1.29, 1.82) is 0 Å². The second-order valence-corrected chi connectivity index (χ2v) is 17.1. The van der Waals surface area contributed by atoms with Gasteiger partial charge in [-0.25, -0.2) is 16.8 Å². The lowest BCUT2D eigenvalue weighted by atomic mass is 9.81. The van der Waals surface area contributed by atoms with Crippen molar-refractivity contribution in [3.63, 3.8) is 0 Å². The number of aromatic nitrogens is 1. The van der Waals surface area contributed by atoms with E-state index in [9.17, 15) is 16.8 Å². The van der Waals surface area contributed by atoms with Gasteiger partial charge in [-0.2, -0.15) is 0 Å². The van der Waals surface area contributed by atoms with Gasteiger partial charge in [0, 0.05) is 47.7 Å². The lowest BCUT2D eigenvalue weighted by molar-refractivity contribution is 0.222. The number of hydrogen-bond acceptors (Lipinski definition) is 7. The second-order valence-electron chi connectivity index (χ2n) is 12.0. The van der Waals surface area contributed by atoms with Crippen LogP contribution < -0.4 is 4.74 Å². The first-order valence-corrected chi connectivity index (χ1v) is 18.5. The summed E-state index contributed by atoms with van der Waals surface area (Å²) in [5, 5.41) is -0.189. The molecule has 1 aromatic heterocycles. The average molecular weight is 631 g/mol. The van der Waals surface area contributed by atoms with E-state index in [0.717, 1.165) is 43.7 Å². The van der Waals surface area contributed by atoms with Gasteiger partial charge in [0.2, 0.25) is 0 Å². The lowest BCUT2D eigenvalue weighted by Crippen LogP contribution is -2.36. The Bertz CT molecular complexity index is 1710. The molecule has 0 spiro atoms. The van der Waals surface area contributed by atoms with Crippen LogP contribution in [0.3, 0.4) is 0 Å². The van der Waals surface area contributed by atoms with Gasteiger partial charge < -0.3 is 9.64 Å². The molecule has 5 rings (SSSR count). The summed E-state index contributed by atoms with van der Waals surface area (Å²) in [4.78, 5) is 7.18. The fraction of sp³-hybridized carbons (Fsp3) is 0.469. The zero-order valence-electron chi connectivity index (χ0n) is 24.9. The number of sulfone groups is 2. The molecule has 3 heterocycles. The molecule has 3 aromatic rings. The SMILES string of the molecule is Cc1cc(-c2cc(-c3ccccc3S(=O)(=O)C(C)C)c(Cl)cn2)c2c(c1C1CCN(CCS(C)(=O)=O)CC1)CC(C)O2. The summed E-state index contributed by atoms with van der Waals surface area (Å²) in [6.45, 7) is 9.88. The summed E-state index contributed by atoms with van der Waals surface area (Å²) < 4.78 is 56.1. The quantitative estimate of drug-likeness (QED) is 0.297. The van der Waals surface area contributed by atoms with Gasteiger partial charge in [0.25, 0.3) is 0 Å². The minimum atomic E-state index is -3.54. The Morgan fingerprint density at radius 1 is 1.05 bits per heavy atom. The van der Waals surface area contributed by atoms with Crippen LogP contribution in [0.4, 0.5) is 0 Å². The largest absolute Gasteiger partial charge is 0.489 e. The fourth-order valence-corrected chi connectivity index (χ4v) is 8.29. The van der Waals surface area contributed by atoms with Crippen molar-refractivity contribution in [3.05, 3.63) is 64.3 Å². The summed E-state index contributed by atoms with van der Waals surface area (Å²) in [5.41, 5.74) is 6.46. The van der Waals surface area contributed by atoms with Crippen LogP contribution in [0.2, 0.25) is 5.02 Å². The first-order valence-electron chi connectivity index (χ1n) is 14.5. The van der Waals surface area contributed by atoms with E-state index in [1.54, 1.807) is 38.2 Å². The standard InChI is InChI=1S/C32H39ClN2O5S2/c1-20(2)42(38,39)30-9-7-6-8-24(30)25-18-29(34-19-28(25)33)26-16-21(3)31(27-17-22(4)40-32(26)27)23-10-12-35(13-11-23)14-15-41(5,36)37/h6-9,16,18-20,22-23H,10-15,17H2,1-5H3. The van der Waals surface area contributed by atoms with Crippen LogP contribution in [-0.4, -0.2) is 69.7 Å². The summed E-state index contributed by atoms with van der Waals surface area (Å²) >= 11 is 6.65. The number of nitrogens with zero attached hydrogens (tertiary/aromatic N) is 2. The van der Waals surface area contributed by atoms with Crippen LogP contribution in [0.25, 0.3) is 22.4 Å². The first kappa shape index (κ1) is 31.0. The number of hydrogen-bond donors (Lipinski definition) is 0. The lowest BCUT2D eigenvalue weighted by Gasteiger charge is -2.33. The monoisotopic (exact) mass is 630 g/mol. The van der Waals surface area contributed by atoms with Crippen molar-refractivity contribution >= 4 is 31.3 Å². The summed E-state index contributed by atoms with van der Waals surface area (Å²) in [6, 6.07) is 11.0. The second kappa shape index (κ2) is 11.9. The molecule has 0 amide bonds. The smallest absolute Gasteiger partial charge is 0.181 e. The number of pyridine rings is 1. The van der Waals surface area contributed by atoms with E-state index in [2.05, 4.69) is 29.8 Å². The van der Waals surface area contributed by atoms with Crippen molar-refractivity contribution in [2.75, 3.05) is 31.6 Å². The van der Waals surface area contributed by atoms with Crippen molar-refractivity contribution in [3.8, 4) is 28.1 Å². The molecule has 10 heteroatoms. The Morgan fingerprint density at radius 2 is 1.74 bits per heavy atom. The van der Waals surface area contributed by atoms with Gasteiger partial charge in [-0.1, -0.05) is 29.8 Å². The molecule has 1 saturated heterocycles. The molecule has 0 bridgehead atoms. The zero-order chi connectivity index (χ0) is 30.4. The maximum atomic E-state index is 13.2. The van der Waals surface area contributed by atoms with Crippen LogP contribution in [0.15, 0.2) is 47.5 Å². The van der Waals surface area contributed by atoms with Crippen LogP contribution in [0.5, 0.6) is 5.75 Å². The molecule has 0 saturated carbocycles. The topological polar surface area (TPSA) is 93.6 Å². The van der Waals surface area contributed by atoms with Crippen molar-refractivity contribution in [2.24, 2.45) is 0 Å². The number of ether oxygens (including phenoxy) is 1. The molecule has 1 atom stereocenters. The van der Waals surface area contributed by atoms with Gasteiger partial charge in [0.1, 0.15) is 21.7 Å². The maximum absolute atomic E-state index is 13.2. The highest BCUT2D eigenvalue weighted by Crippen LogP contribution is 2.47. The van der Waals surface area contributed by atoms with E-state index in [1.165, 1.54) is 22.9 Å². The molecule has 2 aromatic carbocycles. The van der Waals surface area contributed by atoms with Crippen molar-refractivity contribution in [1.82, 2.24) is 9.88 Å². The number of aryl methyl sites for hydroxylation is 1. The van der Waals surface area contributed by atoms with Gasteiger partial charge in [0.15, 0.2) is 9.84 Å². The third kappa shape index (κ3) is 6.25. The third-order valence-corrected chi connectivity index (χ3v) is 11.9. The Balaban J connectivity index is 1.52. The minimum Gasteiger partial charge on any atom is -0.489 e. The van der Waals surface area contributed by atoms with Gasteiger partial charge in [0.05, 0.1) is 26.6 Å². The normalized spacial score (nSPS) is 18.3. The molecule has 2 aliphatic heterocycles. The van der Waals surface area contributed by atoms with Gasteiger partial charge >= 0.3 is 0 Å². The highest BCUT2D eigenvalue weighted by Gasteiger charge is 2.33. The number of halogens is 1. The summed E-state index contributed by atoms with van der Waals surface area (Å²) in [6.07, 6.45) is 5.65. The van der Waals surface area contributed by atoms with Crippen molar-refractivity contribution < 1.29 is 21.6 Å². The average Bonchev–Trinajstić information content (AvgIpc) is 3.32. The minimum absolute atomic E-state index is 0.0258. The molecular weight excluding hydrogens is 592 g/mol. The van der Waals surface area contributed by atoms with E-state index in [0.29, 0.717) is 34.3 Å². The molecule has 0 radical (unpaired) electrons. The van der Waals surface area contributed by atoms with Crippen LogP contribution in [0, 0.1) is 6.92 Å². The number of rotatable bonds is 8. The number of piperidine rings is 1. The van der Waals surface area contributed by atoms with Crippen LogP contribution in [-0.2, 0) is 26.1 Å². The van der Waals surface area contributed by atoms with Crippen LogP contribution in [0.1, 0.15) is 56.2 Å². The summed E-state index contributed by atoms with van der Waals surface area (Å²) in [5.74, 6) is 1.40. The van der Waals surface area contributed by atoms with E-state index in [4.69, 9.17) is 16.3 Å². The van der Waals surface area contributed by atoms with E-state index >= 15 is 0 Å². The highest BCUT2D eigenvalue weighted by atomic mass is 35.5. The molecule has 0 aliphatic carbocycles. The zero-order valence-corrected chi connectivity index (χ0v) is 27.2. The molecule has 226 valence electrons. The molecule has 1 fully saturated rings. The Labute approximate surface area is 255 Å². The Kier molecular flexibility index (Phi) is 8.78. The van der Waals surface area contributed by atoms with Gasteiger partial charge in [-0.05, 0) is 88.9 Å². The van der Waals surface area contributed by atoms with E-state index in [1.807, 2.05) is 12.1 Å². The molecule has 0 N–H and O–H groups in total. The van der Waals surface area contributed by atoms with Crippen molar-refractivity contribution in [2.45, 2.75) is 69.1 Å². The molecular formula is C32H39ClN2O5S2. The fourth-order valence-electron chi connectivity index (χ4n) is 6.23. The predicted molar refractivity (Wildman–Crippen MR) is 169 cm³/mol. The highest BCUT2D eigenvalue weighted by molar-refractivity contribution is 7.92. The first-order chi connectivity index (χ1) is 19.8. The molecule has 42 heavy (non-hydrogen) atoms. The van der Waals surface area contributed by atoms with E-state index < -0.39 is 24.9 Å². The molecule has 2 aliphatic rings. The van der Waals surface area contributed by atoms with Crippen LogP contribution >= 0.6 is 11.6 Å². The molecule has 1 unspecified atom stereocenters. The predicted octanol–water partition coefficient (Wildman–Crippen LogP) is 6.11. The number of benzene rings is 2. The summed E-state index contributed by atoms with van der Waals surface area (Å²) in [7, 11) is -6.52. The van der Waals surface area contributed by atoms with Gasteiger partial charge in [-0.3, -0.25) is 4.98 Å². The Hall–Kier alpha value is -2.46. The molecule has 7 nitrogen and oxygen atoms in total. The van der Waals surface area contributed by atoms with E-state index in [-0.39, 0.29) is 16.8 Å². The Morgan fingerprint density at radius 3 is 2.40 bits per heavy atom.